The van der Waals surface area contributed by atoms with Gasteiger partial charge in [-0.25, -0.2) is 9.97 Å². The number of carbonyl (C=O) groups excluding carboxylic acids is 1. The summed E-state index contributed by atoms with van der Waals surface area (Å²) in [6, 6.07) is 0. The van der Waals surface area contributed by atoms with Gasteiger partial charge in [-0.2, -0.15) is 5.10 Å². The van der Waals surface area contributed by atoms with Crippen LogP contribution in [0.5, 0.6) is 0 Å². The number of anilines is 2. The predicted molar refractivity (Wildman–Crippen MR) is 108 cm³/mol. The first-order valence-corrected chi connectivity index (χ1v) is 9.95. The van der Waals surface area contributed by atoms with E-state index in [1.54, 1.807) is 0 Å². The molecule has 1 aliphatic heterocycles. The summed E-state index contributed by atoms with van der Waals surface area (Å²) in [5.41, 5.74) is 10.2. The minimum absolute atomic E-state index is 0.451. The largest absolute Gasteiger partial charge is 0.365 e. The second-order valence-electron chi connectivity index (χ2n) is 7.67. The topological polar surface area (TPSA) is 101 Å². The number of carbonyl (C=O) groups is 1. The zero-order valence-electron chi connectivity index (χ0n) is 16.8. The lowest BCUT2D eigenvalue weighted by Crippen LogP contribution is -2.48. The molecule has 28 heavy (non-hydrogen) atoms. The van der Waals surface area contributed by atoms with E-state index in [0.717, 1.165) is 61.9 Å². The molecule has 0 atom stereocenters. The van der Waals surface area contributed by atoms with E-state index in [1.165, 1.54) is 24.1 Å². The highest BCUT2D eigenvalue weighted by Gasteiger charge is 2.27. The van der Waals surface area contributed by atoms with Gasteiger partial charge in [-0.3, -0.25) is 4.79 Å². The molecule has 0 unspecified atom stereocenters. The Morgan fingerprint density at radius 2 is 1.54 bits per heavy atom. The number of nitrogens with zero attached hydrogens (tertiary/aromatic N) is 6. The van der Waals surface area contributed by atoms with Crippen LogP contribution in [0.3, 0.4) is 0 Å². The molecule has 0 spiro atoms. The summed E-state index contributed by atoms with van der Waals surface area (Å²) in [4.78, 5) is 25.9. The molecule has 3 heterocycles. The molecule has 0 aromatic carbocycles. The fourth-order valence-corrected chi connectivity index (χ4v) is 4.20. The summed E-state index contributed by atoms with van der Waals surface area (Å²) >= 11 is 0. The van der Waals surface area contributed by atoms with Gasteiger partial charge in [-0.15, -0.1) is 5.10 Å². The Kier molecular flexibility index (Phi) is 4.87. The van der Waals surface area contributed by atoms with Crippen LogP contribution < -0.4 is 15.5 Å². The average Bonchev–Trinajstić information content (AvgIpc) is 2.69. The van der Waals surface area contributed by atoms with Crippen molar-refractivity contribution in [3.63, 3.8) is 0 Å². The maximum atomic E-state index is 12.0. The molecular formula is C20H27N7O. The van der Waals surface area contributed by atoms with E-state index < -0.39 is 5.91 Å². The van der Waals surface area contributed by atoms with Crippen LogP contribution in [0.2, 0.25) is 0 Å². The van der Waals surface area contributed by atoms with E-state index in [2.05, 4.69) is 25.0 Å². The molecule has 2 aliphatic rings. The van der Waals surface area contributed by atoms with E-state index in [4.69, 9.17) is 10.7 Å². The summed E-state index contributed by atoms with van der Waals surface area (Å²) in [7, 11) is 0. The van der Waals surface area contributed by atoms with Crippen molar-refractivity contribution in [3.8, 4) is 0 Å². The third-order valence-corrected chi connectivity index (χ3v) is 5.83. The fraction of sp³-hybridized carbons (Fsp3) is 0.550. The number of primary amides is 1. The molecule has 8 nitrogen and oxygen atoms in total. The first-order valence-electron chi connectivity index (χ1n) is 9.95. The lowest BCUT2D eigenvalue weighted by Gasteiger charge is -2.38. The van der Waals surface area contributed by atoms with Crippen LogP contribution in [-0.2, 0) is 12.8 Å². The van der Waals surface area contributed by atoms with Gasteiger partial charge < -0.3 is 15.5 Å². The average molecular weight is 381 g/mol. The van der Waals surface area contributed by atoms with E-state index in [1.807, 2.05) is 20.8 Å². The van der Waals surface area contributed by atoms with Gasteiger partial charge in [0.15, 0.2) is 5.82 Å². The number of hydrogen-bond acceptors (Lipinski definition) is 7. The van der Waals surface area contributed by atoms with Crippen LogP contribution in [0, 0.1) is 20.8 Å². The van der Waals surface area contributed by atoms with Crippen LogP contribution in [0.4, 0.5) is 11.6 Å². The van der Waals surface area contributed by atoms with Crippen LogP contribution in [0.15, 0.2) is 0 Å². The highest BCUT2D eigenvalue weighted by molar-refractivity contribution is 5.99. The third-order valence-electron chi connectivity index (χ3n) is 5.83. The van der Waals surface area contributed by atoms with Crippen LogP contribution >= 0.6 is 0 Å². The molecule has 8 heteroatoms. The SMILES string of the molecule is Cc1nc2c(c(N3CCN(c4nnc(C)c(C)c4C(N)=O)CC3)n1)CCCC2. The van der Waals surface area contributed by atoms with Crippen molar-refractivity contribution in [2.45, 2.75) is 46.5 Å². The monoisotopic (exact) mass is 381 g/mol. The van der Waals surface area contributed by atoms with Gasteiger partial charge in [0.05, 0.1) is 11.3 Å². The number of fused-ring (bicyclic) bond motifs is 1. The van der Waals surface area contributed by atoms with Crippen LogP contribution in [0.25, 0.3) is 0 Å². The fourth-order valence-electron chi connectivity index (χ4n) is 4.20. The molecule has 1 fully saturated rings. The summed E-state index contributed by atoms with van der Waals surface area (Å²) in [6.07, 6.45) is 4.51. The molecule has 2 N–H and O–H groups in total. The summed E-state index contributed by atoms with van der Waals surface area (Å²) in [5, 5.41) is 8.51. The van der Waals surface area contributed by atoms with E-state index >= 15 is 0 Å². The Morgan fingerprint density at radius 1 is 0.893 bits per heavy atom. The smallest absolute Gasteiger partial charge is 0.252 e. The van der Waals surface area contributed by atoms with Crippen molar-refractivity contribution < 1.29 is 4.79 Å². The minimum Gasteiger partial charge on any atom is -0.365 e. The van der Waals surface area contributed by atoms with Crippen molar-refractivity contribution in [2.24, 2.45) is 5.73 Å². The van der Waals surface area contributed by atoms with Crippen molar-refractivity contribution in [3.05, 3.63) is 33.9 Å². The minimum atomic E-state index is -0.451. The number of rotatable bonds is 3. The van der Waals surface area contributed by atoms with E-state index in [9.17, 15) is 4.79 Å². The van der Waals surface area contributed by atoms with E-state index in [-0.39, 0.29) is 0 Å². The van der Waals surface area contributed by atoms with Crippen LogP contribution in [0.1, 0.15) is 51.5 Å². The number of nitrogens with two attached hydrogens (primary N) is 1. The van der Waals surface area contributed by atoms with Crippen molar-refractivity contribution in [1.29, 1.82) is 0 Å². The highest BCUT2D eigenvalue weighted by Crippen LogP contribution is 2.30. The molecule has 2 aromatic rings. The van der Waals surface area contributed by atoms with Gasteiger partial charge in [0.25, 0.3) is 5.91 Å². The van der Waals surface area contributed by atoms with Gasteiger partial charge in [0, 0.05) is 37.4 Å². The quantitative estimate of drug-likeness (QED) is 0.859. The van der Waals surface area contributed by atoms with Gasteiger partial charge in [0.2, 0.25) is 0 Å². The standard InChI is InChI=1S/C20H27N7O/c1-12-13(2)24-25-20(17(12)18(21)28)27-10-8-26(9-11-27)19-15-6-4-5-7-16(15)22-14(3)23-19/h4-11H2,1-3H3,(H2,21,28). The molecule has 0 bridgehead atoms. The van der Waals surface area contributed by atoms with Gasteiger partial charge in [-0.1, -0.05) is 0 Å². The Hall–Kier alpha value is -2.77. The second kappa shape index (κ2) is 7.33. The Morgan fingerprint density at radius 3 is 2.21 bits per heavy atom. The molecule has 1 aliphatic carbocycles. The maximum Gasteiger partial charge on any atom is 0.252 e. The second-order valence-corrected chi connectivity index (χ2v) is 7.67. The Balaban J connectivity index is 1.58. The number of piperazine rings is 1. The van der Waals surface area contributed by atoms with Crippen molar-refractivity contribution in [1.82, 2.24) is 20.2 Å². The number of hydrogen-bond donors (Lipinski definition) is 1. The van der Waals surface area contributed by atoms with Gasteiger partial charge >= 0.3 is 0 Å². The summed E-state index contributed by atoms with van der Waals surface area (Å²) < 4.78 is 0. The molecular weight excluding hydrogens is 354 g/mol. The molecule has 1 saturated heterocycles. The first-order chi connectivity index (χ1) is 13.5. The van der Waals surface area contributed by atoms with Crippen molar-refractivity contribution >= 4 is 17.5 Å². The third kappa shape index (κ3) is 3.27. The van der Waals surface area contributed by atoms with Crippen LogP contribution in [-0.4, -0.2) is 52.3 Å². The molecule has 4 rings (SSSR count). The highest BCUT2D eigenvalue weighted by atomic mass is 16.1. The lowest BCUT2D eigenvalue weighted by atomic mass is 9.96. The number of aromatic nitrogens is 4. The lowest BCUT2D eigenvalue weighted by molar-refractivity contribution is 0.0999. The van der Waals surface area contributed by atoms with Crippen molar-refractivity contribution in [2.75, 3.05) is 36.0 Å². The number of aryl methyl sites for hydroxylation is 3. The normalized spacial score (nSPS) is 16.8. The molecule has 148 valence electrons. The summed E-state index contributed by atoms with van der Waals surface area (Å²) in [5.74, 6) is 2.07. The first kappa shape index (κ1) is 18.6. The molecule has 0 saturated carbocycles. The zero-order valence-corrected chi connectivity index (χ0v) is 16.8. The molecule has 1 amide bonds. The molecule has 2 aromatic heterocycles. The number of amides is 1. The Bertz CT molecular complexity index is 919. The molecule has 0 radical (unpaired) electrons. The summed E-state index contributed by atoms with van der Waals surface area (Å²) in [6.45, 7) is 8.81. The zero-order chi connectivity index (χ0) is 19.8. The Labute approximate surface area is 165 Å². The maximum absolute atomic E-state index is 12.0. The van der Waals surface area contributed by atoms with Gasteiger partial charge in [-0.05, 0) is 52.0 Å². The van der Waals surface area contributed by atoms with E-state index in [0.29, 0.717) is 11.4 Å². The predicted octanol–water partition coefficient (Wildman–Crippen LogP) is 1.50. The van der Waals surface area contributed by atoms with Gasteiger partial charge in [0.1, 0.15) is 11.6 Å².